The molecule has 4 nitrogen and oxygen atoms in total. The normalized spacial score (nSPS) is 10.7. The van der Waals surface area contributed by atoms with E-state index >= 15 is 0 Å². The molecule has 0 aliphatic heterocycles. The molecule has 0 fully saturated rings. The molecule has 18 heavy (non-hydrogen) atoms. The number of hydrogen-bond acceptors (Lipinski definition) is 4. The largest absolute Gasteiger partial charge is 0.396 e. The van der Waals surface area contributed by atoms with Crippen LogP contribution in [0.5, 0.6) is 0 Å². The Morgan fingerprint density at radius 3 is 2.28 bits per heavy atom. The monoisotopic (exact) mass is 251 g/mol. The van der Waals surface area contributed by atoms with Crippen LogP contribution in [0.3, 0.4) is 0 Å². The maximum atomic E-state index is 8.73. The van der Waals surface area contributed by atoms with Gasteiger partial charge < -0.3 is 10.0 Å². The van der Waals surface area contributed by atoms with Gasteiger partial charge in [0.05, 0.1) is 0 Å². The lowest BCUT2D eigenvalue weighted by atomic mass is 10.1. The summed E-state index contributed by atoms with van der Waals surface area (Å²) in [5.41, 5.74) is 3.44. The zero-order valence-corrected chi connectivity index (χ0v) is 12.0. The predicted molar refractivity (Wildman–Crippen MR) is 75.1 cm³/mol. The van der Waals surface area contributed by atoms with E-state index in [1.165, 1.54) is 5.56 Å². The molecule has 1 N–H and O–H groups in total. The minimum absolute atomic E-state index is 0.302. The highest BCUT2D eigenvalue weighted by atomic mass is 16.2. The zero-order chi connectivity index (χ0) is 13.5. The highest BCUT2D eigenvalue weighted by Gasteiger charge is 2.08. The van der Waals surface area contributed by atoms with Crippen molar-refractivity contribution in [3.63, 3.8) is 0 Å². The number of aryl methyl sites for hydroxylation is 2. The zero-order valence-electron chi connectivity index (χ0n) is 12.0. The van der Waals surface area contributed by atoms with Crippen molar-refractivity contribution >= 4 is 5.95 Å². The fourth-order valence-corrected chi connectivity index (χ4v) is 1.87. The van der Waals surface area contributed by atoms with Gasteiger partial charge in [-0.1, -0.05) is 12.8 Å². The van der Waals surface area contributed by atoms with Gasteiger partial charge in [0.15, 0.2) is 0 Å². The summed E-state index contributed by atoms with van der Waals surface area (Å²) in [5.74, 6) is 0.795. The molecule has 0 radical (unpaired) electrons. The molecule has 102 valence electrons. The van der Waals surface area contributed by atoms with Gasteiger partial charge in [0.1, 0.15) is 0 Å². The lowest BCUT2D eigenvalue weighted by molar-refractivity contribution is 0.282. The molecular weight excluding hydrogens is 226 g/mol. The molecule has 0 aromatic carbocycles. The molecule has 0 atom stereocenters. The van der Waals surface area contributed by atoms with E-state index in [0.29, 0.717) is 6.61 Å². The number of aromatic nitrogens is 2. The van der Waals surface area contributed by atoms with Crippen molar-refractivity contribution in [3.8, 4) is 0 Å². The lowest BCUT2D eigenvalue weighted by Crippen LogP contribution is -2.15. The van der Waals surface area contributed by atoms with Crippen molar-refractivity contribution in [2.24, 2.45) is 0 Å². The molecule has 0 bridgehead atoms. The van der Waals surface area contributed by atoms with Gasteiger partial charge in [0.25, 0.3) is 0 Å². The summed E-state index contributed by atoms with van der Waals surface area (Å²) in [5, 5.41) is 8.73. The van der Waals surface area contributed by atoms with Crippen molar-refractivity contribution in [1.82, 2.24) is 9.97 Å². The molecule has 0 unspecified atom stereocenters. The van der Waals surface area contributed by atoms with E-state index in [1.54, 1.807) is 0 Å². The van der Waals surface area contributed by atoms with Crippen LogP contribution < -0.4 is 4.90 Å². The SMILES string of the molecule is Cc1nc(N(C)C)nc(CCCCCCO)c1C. The molecule has 1 aromatic rings. The van der Waals surface area contributed by atoms with Crippen LogP contribution in [0.4, 0.5) is 5.95 Å². The van der Waals surface area contributed by atoms with E-state index in [-0.39, 0.29) is 0 Å². The van der Waals surface area contributed by atoms with E-state index < -0.39 is 0 Å². The number of rotatable bonds is 7. The summed E-state index contributed by atoms with van der Waals surface area (Å²) in [6, 6.07) is 0. The average molecular weight is 251 g/mol. The molecule has 0 amide bonds. The quantitative estimate of drug-likeness (QED) is 0.755. The molecule has 0 saturated carbocycles. The van der Waals surface area contributed by atoms with Crippen LogP contribution >= 0.6 is 0 Å². The van der Waals surface area contributed by atoms with E-state index in [1.807, 2.05) is 25.9 Å². The van der Waals surface area contributed by atoms with E-state index in [4.69, 9.17) is 5.11 Å². The van der Waals surface area contributed by atoms with Gasteiger partial charge in [-0.05, 0) is 38.7 Å². The Balaban J connectivity index is 2.63. The third-order valence-electron chi connectivity index (χ3n) is 3.20. The van der Waals surface area contributed by atoms with Crippen LogP contribution in [0.25, 0.3) is 0 Å². The van der Waals surface area contributed by atoms with E-state index in [9.17, 15) is 0 Å². The van der Waals surface area contributed by atoms with Crippen LogP contribution in [0.1, 0.15) is 42.6 Å². The first kappa shape index (κ1) is 14.9. The Bertz CT molecular complexity index is 378. The van der Waals surface area contributed by atoms with Crippen molar-refractivity contribution in [3.05, 3.63) is 17.0 Å². The van der Waals surface area contributed by atoms with Gasteiger partial charge >= 0.3 is 0 Å². The maximum absolute atomic E-state index is 8.73. The third-order valence-corrected chi connectivity index (χ3v) is 3.20. The highest BCUT2D eigenvalue weighted by molar-refractivity contribution is 5.34. The number of aliphatic hydroxyl groups is 1. The van der Waals surface area contributed by atoms with Crippen LogP contribution in [0.2, 0.25) is 0 Å². The Kier molecular flexibility index (Phi) is 6.05. The summed E-state index contributed by atoms with van der Waals surface area (Å²) in [6.07, 6.45) is 5.29. The van der Waals surface area contributed by atoms with E-state index in [0.717, 1.165) is 49.4 Å². The smallest absolute Gasteiger partial charge is 0.225 e. The van der Waals surface area contributed by atoms with Crippen molar-refractivity contribution in [2.75, 3.05) is 25.6 Å². The summed E-state index contributed by atoms with van der Waals surface area (Å²) in [4.78, 5) is 11.0. The summed E-state index contributed by atoms with van der Waals surface area (Å²) >= 11 is 0. The Morgan fingerprint density at radius 1 is 1.00 bits per heavy atom. The van der Waals surface area contributed by atoms with Gasteiger partial charge in [-0.25, -0.2) is 9.97 Å². The van der Waals surface area contributed by atoms with Gasteiger partial charge in [-0.3, -0.25) is 0 Å². The Labute approximate surface area is 110 Å². The molecule has 0 aliphatic carbocycles. The van der Waals surface area contributed by atoms with Crippen LogP contribution in [-0.4, -0.2) is 35.8 Å². The second-order valence-electron chi connectivity index (χ2n) is 4.96. The average Bonchev–Trinajstić information content (AvgIpc) is 2.33. The first-order valence-corrected chi connectivity index (χ1v) is 6.68. The minimum Gasteiger partial charge on any atom is -0.396 e. The summed E-state index contributed by atoms with van der Waals surface area (Å²) in [7, 11) is 3.93. The number of unbranched alkanes of at least 4 members (excludes halogenated alkanes) is 3. The van der Waals surface area contributed by atoms with Crippen LogP contribution in [0.15, 0.2) is 0 Å². The number of aliphatic hydroxyl groups excluding tert-OH is 1. The molecule has 1 aromatic heterocycles. The lowest BCUT2D eigenvalue weighted by Gasteiger charge is -2.15. The first-order valence-electron chi connectivity index (χ1n) is 6.68. The second kappa shape index (κ2) is 7.31. The van der Waals surface area contributed by atoms with E-state index in [2.05, 4.69) is 16.9 Å². The topological polar surface area (TPSA) is 49.2 Å². The van der Waals surface area contributed by atoms with Gasteiger partial charge in [-0.2, -0.15) is 0 Å². The first-order chi connectivity index (χ1) is 8.56. The third kappa shape index (κ3) is 4.26. The van der Waals surface area contributed by atoms with Crippen LogP contribution in [-0.2, 0) is 6.42 Å². The Hall–Kier alpha value is -1.16. The highest BCUT2D eigenvalue weighted by Crippen LogP contribution is 2.16. The van der Waals surface area contributed by atoms with Crippen molar-refractivity contribution < 1.29 is 5.11 Å². The second-order valence-corrected chi connectivity index (χ2v) is 4.96. The maximum Gasteiger partial charge on any atom is 0.225 e. The predicted octanol–water partition coefficient (Wildman–Crippen LogP) is 2.25. The van der Waals surface area contributed by atoms with Crippen molar-refractivity contribution in [2.45, 2.75) is 46.0 Å². The number of hydrogen-bond donors (Lipinski definition) is 1. The number of nitrogens with zero attached hydrogens (tertiary/aromatic N) is 3. The molecule has 0 aliphatic rings. The fourth-order valence-electron chi connectivity index (χ4n) is 1.87. The summed E-state index contributed by atoms with van der Waals surface area (Å²) < 4.78 is 0. The van der Waals surface area contributed by atoms with Gasteiger partial charge in [0, 0.05) is 32.1 Å². The molecule has 1 rings (SSSR count). The minimum atomic E-state index is 0.302. The number of anilines is 1. The molecule has 1 heterocycles. The van der Waals surface area contributed by atoms with Gasteiger partial charge in [0.2, 0.25) is 5.95 Å². The standard InChI is InChI=1S/C14H25N3O/c1-11-12(2)15-14(17(3)4)16-13(11)9-7-5-6-8-10-18/h18H,5-10H2,1-4H3. The molecule has 0 saturated heterocycles. The molecular formula is C14H25N3O. The fraction of sp³-hybridized carbons (Fsp3) is 0.714. The Morgan fingerprint density at radius 2 is 1.67 bits per heavy atom. The van der Waals surface area contributed by atoms with Gasteiger partial charge in [-0.15, -0.1) is 0 Å². The summed E-state index contributed by atoms with van der Waals surface area (Å²) in [6.45, 7) is 4.44. The van der Waals surface area contributed by atoms with Crippen LogP contribution in [0, 0.1) is 13.8 Å². The molecule has 0 spiro atoms. The van der Waals surface area contributed by atoms with Crippen molar-refractivity contribution in [1.29, 1.82) is 0 Å². The molecule has 4 heteroatoms.